The standard InChI is InChI=1S/C12H17N3O3S/c13-12(14-16)11-7-4-8-15(11)19(17,18)9-10-5-2-1-3-6-10/h1-3,5-6,11,16H,4,7-9H2,(H2,13,14). The number of hydrogen-bond acceptors (Lipinski definition) is 4. The lowest BCUT2D eigenvalue weighted by Crippen LogP contribution is -2.44. The van der Waals surface area contributed by atoms with Crippen molar-refractivity contribution >= 4 is 15.9 Å². The van der Waals surface area contributed by atoms with Crippen molar-refractivity contribution < 1.29 is 13.6 Å². The highest BCUT2D eigenvalue weighted by atomic mass is 32.2. The van der Waals surface area contributed by atoms with Gasteiger partial charge in [0.2, 0.25) is 10.0 Å². The zero-order valence-corrected chi connectivity index (χ0v) is 11.3. The van der Waals surface area contributed by atoms with Crippen LogP contribution in [0.5, 0.6) is 0 Å². The molecule has 1 atom stereocenters. The van der Waals surface area contributed by atoms with Crippen molar-refractivity contribution in [3.05, 3.63) is 35.9 Å². The maximum Gasteiger partial charge on any atom is 0.218 e. The van der Waals surface area contributed by atoms with Gasteiger partial charge in [0.1, 0.15) is 0 Å². The topological polar surface area (TPSA) is 96.0 Å². The summed E-state index contributed by atoms with van der Waals surface area (Å²) in [6.07, 6.45) is 1.30. The zero-order chi connectivity index (χ0) is 13.9. The molecule has 19 heavy (non-hydrogen) atoms. The van der Waals surface area contributed by atoms with Gasteiger partial charge in [0.25, 0.3) is 0 Å². The number of oxime groups is 1. The molecule has 0 saturated carbocycles. The van der Waals surface area contributed by atoms with Crippen molar-refractivity contribution in [2.24, 2.45) is 10.9 Å². The summed E-state index contributed by atoms with van der Waals surface area (Å²) in [6.45, 7) is 0.413. The molecule has 1 aromatic carbocycles. The van der Waals surface area contributed by atoms with E-state index in [0.29, 0.717) is 13.0 Å². The molecule has 6 nitrogen and oxygen atoms in total. The van der Waals surface area contributed by atoms with Crippen LogP contribution in [-0.2, 0) is 15.8 Å². The van der Waals surface area contributed by atoms with E-state index in [0.717, 1.165) is 12.0 Å². The van der Waals surface area contributed by atoms with E-state index in [1.54, 1.807) is 24.3 Å². The third kappa shape index (κ3) is 3.05. The van der Waals surface area contributed by atoms with Crippen LogP contribution in [0, 0.1) is 0 Å². The monoisotopic (exact) mass is 283 g/mol. The predicted octanol–water partition coefficient (Wildman–Crippen LogP) is 0.727. The van der Waals surface area contributed by atoms with Gasteiger partial charge in [-0.3, -0.25) is 0 Å². The van der Waals surface area contributed by atoms with Gasteiger partial charge in [-0.25, -0.2) is 8.42 Å². The van der Waals surface area contributed by atoms with Crippen molar-refractivity contribution in [3.63, 3.8) is 0 Å². The van der Waals surface area contributed by atoms with Gasteiger partial charge in [0.15, 0.2) is 5.84 Å². The van der Waals surface area contributed by atoms with Crippen molar-refractivity contribution in [1.29, 1.82) is 0 Å². The molecule has 1 unspecified atom stereocenters. The molecule has 0 aliphatic carbocycles. The van der Waals surface area contributed by atoms with E-state index in [2.05, 4.69) is 5.16 Å². The van der Waals surface area contributed by atoms with Crippen LogP contribution in [0.25, 0.3) is 0 Å². The summed E-state index contributed by atoms with van der Waals surface area (Å²) in [7, 11) is -3.46. The molecular formula is C12H17N3O3S. The Morgan fingerprint density at radius 1 is 1.42 bits per heavy atom. The Hall–Kier alpha value is -1.60. The molecule has 2 rings (SSSR count). The Morgan fingerprint density at radius 2 is 2.11 bits per heavy atom. The molecular weight excluding hydrogens is 266 g/mol. The largest absolute Gasteiger partial charge is 0.409 e. The molecule has 1 aromatic rings. The van der Waals surface area contributed by atoms with E-state index < -0.39 is 16.1 Å². The van der Waals surface area contributed by atoms with Crippen LogP contribution in [0.4, 0.5) is 0 Å². The molecule has 0 bridgehead atoms. The number of amidine groups is 1. The summed E-state index contributed by atoms with van der Waals surface area (Å²) in [6, 6.07) is 8.45. The van der Waals surface area contributed by atoms with E-state index >= 15 is 0 Å². The summed E-state index contributed by atoms with van der Waals surface area (Å²) in [5.74, 6) is -0.114. The predicted molar refractivity (Wildman–Crippen MR) is 72.2 cm³/mol. The van der Waals surface area contributed by atoms with Crippen LogP contribution in [0.15, 0.2) is 35.5 Å². The lowest BCUT2D eigenvalue weighted by Gasteiger charge is -2.22. The first kappa shape index (κ1) is 13.8. The van der Waals surface area contributed by atoms with Crippen molar-refractivity contribution in [2.75, 3.05) is 6.54 Å². The molecule has 7 heteroatoms. The Balaban J connectivity index is 2.20. The Labute approximate surface area is 112 Å². The maximum absolute atomic E-state index is 12.4. The Morgan fingerprint density at radius 3 is 2.74 bits per heavy atom. The fourth-order valence-corrected chi connectivity index (χ4v) is 4.09. The van der Waals surface area contributed by atoms with E-state index in [9.17, 15) is 8.42 Å². The minimum Gasteiger partial charge on any atom is -0.409 e. The summed E-state index contributed by atoms with van der Waals surface area (Å²) in [5.41, 5.74) is 6.28. The second-order valence-electron chi connectivity index (χ2n) is 4.54. The van der Waals surface area contributed by atoms with Gasteiger partial charge in [-0.2, -0.15) is 4.31 Å². The fraction of sp³-hybridized carbons (Fsp3) is 0.417. The number of hydrogen-bond donors (Lipinski definition) is 2. The number of nitrogens with zero attached hydrogens (tertiary/aromatic N) is 2. The molecule has 1 saturated heterocycles. The van der Waals surface area contributed by atoms with Crippen LogP contribution in [0.3, 0.4) is 0 Å². The maximum atomic E-state index is 12.4. The lowest BCUT2D eigenvalue weighted by atomic mass is 10.2. The highest BCUT2D eigenvalue weighted by Gasteiger charge is 2.36. The zero-order valence-electron chi connectivity index (χ0n) is 10.4. The van der Waals surface area contributed by atoms with Gasteiger partial charge >= 0.3 is 0 Å². The van der Waals surface area contributed by atoms with Crippen molar-refractivity contribution in [1.82, 2.24) is 4.31 Å². The molecule has 0 amide bonds. The Kier molecular flexibility index (Phi) is 4.06. The van der Waals surface area contributed by atoms with E-state index in [1.807, 2.05) is 6.07 Å². The van der Waals surface area contributed by atoms with Crippen molar-refractivity contribution in [3.8, 4) is 0 Å². The summed E-state index contributed by atoms with van der Waals surface area (Å²) in [4.78, 5) is 0. The van der Waals surface area contributed by atoms with E-state index in [-0.39, 0.29) is 11.6 Å². The summed E-state index contributed by atoms with van der Waals surface area (Å²) >= 11 is 0. The first-order chi connectivity index (χ1) is 9.04. The molecule has 1 aliphatic heterocycles. The first-order valence-corrected chi connectivity index (χ1v) is 7.66. The lowest BCUT2D eigenvalue weighted by molar-refractivity contribution is 0.311. The molecule has 1 heterocycles. The highest BCUT2D eigenvalue weighted by molar-refractivity contribution is 7.88. The average Bonchev–Trinajstić information content (AvgIpc) is 2.88. The van der Waals surface area contributed by atoms with Gasteiger partial charge in [-0.15, -0.1) is 0 Å². The number of rotatable bonds is 4. The van der Waals surface area contributed by atoms with Crippen LogP contribution in [0.1, 0.15) is 18.4 Å². The normalized spacial score (nSPS) is 21.7. The third-order valence-corrected chi connectivity index (χ3v) is 5.06. The Bertz CT molecular complexity index is 557. The van der Waals surface area contributed by atoms with Crippen molar-refractivity contribution in [2.45, 2.75) is 24.6 Å². The van der Waals surface area contributed by atoms with Gasteiger partial charge in [-0.05, 0) is 18.4 Å². The minimum atomic E-state index is -3.46. The number of sulfonamides is 1. The van der Waals surface area contributed by atoms with E-state index in [1.165, 1.54) is 4.31 Å². The SMILES string of the molecule is NC(=NO)C1CCCN1S(=O)(=O)Cc1ccccc1. The molecule has 0 aromatic heterocycles. The number of benzene rings is 1. The average molecular weight is 283 g/mol. The molecule has 1 fully saturated rings. The minimum absolute atomic E-state index is 0.0471. The van der Waals surface area contributed by atoms with E-state index in [4.69, 9.17) is 10.9 Å². The molecule has 0 radical (unpaired) electrons. The van der Waals surface area contributed by atoms with Crippen LogP contribution < -0.4 is 5.73 Å². The second kappa shape index (κ2) is 5.58. The quantitative estimate of drug-likeness (QED) is 0.368. The van der Waals surface area contributed by atoms with Gasteiger partial charge in [-0.1, -0.05) is 35.5 Å². The highest BCUT2D eigenvalue weighted by Crippen LogP contribution is 2.23. The third-order valence-electron chi connectivity index (χ3n) is 3.21. The first-order valence-electron chi connectivity index (χ1n) is 6.05. The molecule has 3 N–H and O–H groups in total. The molecule has 104 valence electrons. The second-order valence-corrected chi connectivity index (χ2v) is 6.46. The van der Waals surface area contributed by atoms with Gasteiger partial charge < -0.3 is 10.9 Å². The van der Waals surface area contributed by atoms with Gasteiger partial charge in [0.05, 0.1) is 11.8 Å². The van der Waals surface area contributed by atoms with Crippen LogP contribution in [0.2, 0.25) is 0 Å². The van der Waals surface area contributed by atoms with Crippen LogP contribution >= 0.6 is 0 Å². The fourth-order valence-electron chi connectivity index (χ4n) is 2.30. The van der Waals surface area contributed by atoms with Gasteiger partial charge in [0, 0.05) is 6.54 Å². The summed E-state index contributed by atoms with van der Waals surface area (Å²) in [5, 5.41) is 11.6. The summed E-state index contributed by atoms with van der Waals surface area (Å²) < 4.78 is 26.1. The molecule has 0 spiro atoms. The van der Waals surface area contributed by atoms with Crippen LogP contribution in [-0.4, -0.2) is 36.4 Å². The smallest absolute Gasteiger partial charge is 0.218 e. The molecule has 1 aliphatic rings. The number of nitrogens with two attached hydrogens (primary N) is 1.